The molecule has 0 aromatic carbocycles. The molecule has 0 saturated carbocycles. The van der Waals surface area contributed by atoms with Crippen LogP contribution >= 0.6 is 11.3 Å². The zero-order valence-electron chi connectivity index (χ0n) is 12.9. The Labute approximate surface area is 128 Å². The Hall–Kier alpha value is -1.88. The molecule has 21 heavy (non-hydrogen) atoms. The van der Waals surface area contributed by atoms with Gasteiger partial charge in [0.1, 0.15) is 28.5 Å². The van der Waals surface area contributed by atoms with Gasteiger partial charge in [-0.15, -0.1) is 11.3 Å². The number of hydrogen-bond donors (Lipinski definition) is 1. The van der Waals surface area contributed by atoms with Gasteiger partial charge in [-0.3, -0.25) is 0 Å². The van der Waals surface area contributed by atoms with Crippen molar-refractivity contribution < 1.29 is 4.42 Å². The molecule has 3 rings (SSSR count). The lowest BCUT2D eigenvalue weighted by atomic mass is 10.1. The number of thiophene rings is 1. The first-order chi connectivity index (χ1) is 9.97. The largest absolute Gasteiger partial charge is 0.466 e. The topological polar surface area (TPSA) is 51.0 Å². The number of rotatable bonds is 3. The fourth-order valence-electron chi connectivity index (χ4n) is 2.66. The van der Waals surface area contributed by atoms with Gasteiger partial charge in [0.25, 0.3) is 0 Å². The fraction of sp³-hybridized carbons (Fsp3) is 0.375. The van der Waals surface area contributed by atoms with E-state index in [0.29, 0.717) is 0 Å². The Morgan fingerprint density at radius 1 is 1.19 bits per heavy atom. The number of nitrogens with zero attached hydrogens (tertiary/aromatic N) is 2. The second-order valence-electron chi connectivity index (χ2n) is 5.42. The summed E-state index contributed by atoms with van der Waals surface area (Å²) in [7, 11) is 0. The summed E-state index contributed by atoms with van der Waals surface area (Å²) in [6, 6.07) is 2.22. The fourth-order valence-corrected chi connectivity index (χ4v) is 3.65. The van der Waals surface area contributed by atoms with E-state index in [4.69, 9.17) is 4.42 Å². The number of hydrogen-bond acceptors (Lipinski definition) is 5. The maximum Gasteiger partial charge on any atom is 0.138 e. The van der Waals surface area contributed by atoms with E-state index in [1.165, 1.54) is 16.0 Å². The Bertz CT molecular complexity index is 803. The molecule has 3 aromatic rings. The molecule has 4 nitrogen and oxygen atoms in total. The smallest absolute Gasteiger partial charge is 0.138 e. The zero-order valence-corrected chi connectivity index (χ0v) is 13.8. The van der Waals surface area contributed by atoms with Gasteiger partial charge in [-0.2, -0.15) is 0 Å². The van der Waals surface area contributed by atoms with Crippen molar-refractivity contribution in [3.63, 3.8) is 0 Å². The van der Waals surface area contributed by atoms with Gasteiger partial charge >= 0.3 is 0 Å². The van der Waals surface area contributed by atoms with E-state index in [2.05, 4.69) is 42.1 Å². The summed E-state index contributed by atoms with van der Waals surface area (Å²) in [5.41, 5.74) is 2.43. The lowest BCUT2D eigenvalue weighted by Gasteiger charge is -2.14. The van der Waals surface area contributed by atoms with E-state index in [1.54, 1.807) is 17.7 Å². The highest BCUT2D eigenvalue weighted by Crippen LogP contribution is 2.34. The summed E-state index contributed by atoms with van der Waals surface area (Å²) in [5.74, 6) is 2.79. The van der Waals surface area contributed by atoms with Crippen molar-refractivity contribution in [2.75, 3.05) is 5.32 Å². The van der Waals surface area contributed by atoms with Crippen LogP contribution in [0.1, 0.15) is 40.5 Å². The van der Waals surface area contributed by atoms with Crippen LogP contribution in [-0.2, 0) is 0 Å². The summed E-state index contributed by atoms with van der Waals surface area (Å²) in [6.45, 7) is 10.3. The summed E-state index contributed by atoms with van der Waals surface area (Å²) in [5, 5.41) is 4.63. The highest BCUT2D eigenvalue weighted by Gasteiger charge is 2.17. The van der Waals surface area contributed by atoms with Gasteiger partial charge in [-0.1, -0.05) is 0 Å². The predicted molar refractivity (Wildman–Crippen MR) is 87.1 cm³/mol. The van der Waals surface area contributed by atoms with Crippen molar-refractivity contribution in [1.82, 2.24) is 9.97 Å². The van der Waals surface area contributed by atoms with Crippen LogP contribution in [0.3, 0.4) is 0 Å². The Balaban J connectivity index is 2.00. The number of aryl methyl sites for hydroxylation is 4. The highest BCUT2D eigenvalue weighted by molar-refractivity contribution is 7.18. The standard InChI is InChI=1S/C16H19N3OS/c1-8-6-13(11(4)20-8)10(3)19-15-14-9(2)12(5)21-16(14)18-7-17-15/h6-7,10H,1-5H3,(H,17,18,19). The third-order valence-electron chi connectivity index (χ3n) is 3.86. The van der Waals surface area contributed by atoms with Crippen LogP contribution in [0, 0.1) is 27.7 Å². The molecule has 0 radical (unpaired) electrons. The number of nitrogens with one attached hydrogen (secondary N) is 1. The summed E-state index contributed by atoms with van der Waals surface area (Å²) in [6.07, 6.45) is 1.63. The molecule has 0 saturated heterocycles. The molecule has 1 unspecified atom stereocenters. The number of fused-ring (bicyclic) bond motifs is 1. The average molecular weight is 301 g/mol. The van der Waals surface area contributed by atoms with Gasteiger partial charge in [0.15, 0.2) is 0 Å². The van der Waals surface area contributed by atoms with E-state index in [-0.39, 0.29) is 6.04 Å². The van der Waals surface area contributed by atoms with Gasteiger partial charge in [-0.05, 0) is 46.2 Å². The van der Waals surface area contributed by atoms with Crippen LogP contribution in [0.25, 0.3) is 10.2 Å². The maximum atomic E-state index is 5.62. The van der Waals surface area contributed by atoms with Crippen molar-refractivity contribution in [1.29, 1.82) is 0 Å². The number of furan rings is 1. The molecular weight excluding hydrogens is 282 g/mol. The number of anilines is 1. The summed E-state index contributed by atoms with van der Waals surface area (Å²) >= 11 is 1.71. The van der Waals surface area contributed by atoms with Crippen LogP contribution in [0.4, 0.5) is 5.82 Å². The lowest BCUT2D eigenvalue weighted by molar-refractivity contribution is 0.500. The Kier molecular flexibility index (Phi) is 3.45. The van der Waals surface area contributed by atoms with E-state index < -0.39 is 0 Å². The van der Waals surface area contributed by atoms with Crippen molar-refractivity contribution >= 4 is 27.4 Å². The first-order valence-electron chi connectivity index (χ1n) is 7.01. The minimum atomic E-state index is 0.139. The van der Waals surface area contributed by atoms with Crippen LogP contribution < -0.4 is 5.32 Å². The molecule has 110 valence electrons. The molecule has 0 spiro atoms. The van der Waals surface area contributed by atoms with E-state index in [9.17, 15) is 0 Å². The van der Waals surface area contributed by atoms with Crippen molar-refractivity contribution in [3.05, 3.63) is 39.9 Å². The first-order valence-corrected chi connectivity index (χ1v) is 7.83. The lowest BCUT2D eigenvalue weighted by Crippen LogP contribution is -2.08. The minimum absolute atomic E-state index is 0.139. The number of aromatic nitrogens is 2. The van der Waals surface area contributed by atoms with Crippen molar-refractivity contribution in [2.45, 2.75) is 40.7 Å². The van der Waals surface area contributed by atoms with Gasteiger partial charge in [0.05, 0.1) is 11.4 Å². The molecule has 0 bridgehead atoms. The van der Waals surface area contributed by atoms with Gasteiger partial charge < -0.3 is 9.73 Å². The Morgan fingerprint density at radius 2 is 1.95 bits per heavy atom. The van der Waals surface area contributed by atoms with Gasteiger partial charge in [-0.25, -0.2) is 9.97 Å². The van der Waals surface area contributed by atoms with Crippen molar-refractivity contribution in [2.24, 2.45) is 0 Å². The molecule has 3 aromatic heterocycles. The molecule has 0 amide bonds. The van der Waals surface area contributed by atoms with Crippen LogP contribution in [0.5, 0.6) is 0 Å². The normalized spacial score (nSPS) is 12.8. The predicted octanol–water partition coefficient (Wildman–Crippen LogP) is 4.69. The minimum Gasteiger partial charge on any atom is -0.466 e. The quantitative estimate of drug-likeness (QED) is 0.762. The van der Waals surface area contributed by atoms with Crippen molar-refractivity contribution in [3.8, 4) is 0 Å². The summed E-state index contributed by atoms with van der Waals surface area (Å²) in [4.78, 5) is 11.1. The van der Waals surface area contributed by atoms with Crippen LogP contribution in [0.15, 0.2) is 16.8 Å². The molecule has 1 N–H and O–H groups in total. The third kappa shape index (κ3) is 2.42. The monoisotopic (exact) mass is 301 g/mol. The molecule has 0 fully saturated rings. The molecule has 1 atom stereocenters. The summed E-state index contributed by atoms with van der Waals surface area (Å²) < 4.78 is 5.62. The third-order valence-corrected chi connectivity index (χ3v) is 4.98. The molecule has 5 heteroatoms. The molecule has 0 aliphatic carbocycles. The van der Waals surface area contributed by atoms with E-state index in [1.807, 2.05) is 13.8 Å². The van der Waals surface area contributed by atoms with E-state index >= 15 is 0 Å². The molecule has 0 aliphatic rings. The second-order valence-corrected chi connectivity index (χ2v) is 6.62. The maximum absolute atomic E-state index is 5.62. The Morgan fingerprint density at radius 3 is 2.62 bits per heavy atom. The van der Waals surface area contributed by atoms with E-state index in [0.717, 1.165) is 27.6 Å². The van der Waals surface area contributed by atoms with Crippen LogP contribution in [-0.4, -0.2) is 9.97 Å². The SMILES string of the molecule is Cc1cc(C(C)Nc2ncnc3sc(C)c(C)c23)c(C)o1. The average Bonchev–Trinajstić information content (AvgIpc) is 2.91. The molecule has 3 heterocycles. The van der Waals surface area contributed by atoms with Gasteiger partial charge in [0, 0.05) is 10.4 Å². The molecular formula is C16H19N3OS. The highest BCUT2D eigenvalue weighted by atomic mass is 32.1. The first kappa shape index (κ1) is 14.1. The van der Waals surface area contributed by atoms with Crippen LogP contribution in [0.2, 0.25) is 0 Å². The zero-order chi connectivity index (χ0) is 15.1. The molecule has 0 aliphatic heterocycles. The van der Waals surface area contributed by atoms with Gasteiger partial charge in [0.2, 0.25) is 0 Å². The second kappa shape index (κ2) is 5.15.